The summed E-state index contributed by atoms with van der Waals surface area (Å²) in [5, 5.41) is 1.27. The van der Waals surface area contributed by atoms with Crippen LogP contribution in [0.3, 0.4) is 0 Å². The quantitative estimate of drug-likeness (QED) is 0.590. The standard InChI is InChI=1S/C25H31N5OS/c1-3-8-21-26-23(22-19-11-12-28(4-2)17-20(19)32-24(22)27-21)29-13-15-30(16-14-29)25(31)18-9-6-5-7-10-18/h5-7,9-10H,3-4,8,11-17H2,1-2H3. The molecule has 0 aliphatic carbocycles. The average molecular weight is 450 g/mol. The van der Waals surface area contributed by atoms with E-state index >= 15 is 0 Å². The van der Waals surface area contributed by atoms with Gasteiger partial charge in [0.2, 0.25) is 0 Å². The maximum atomic E-state index is 12.9. The SMILES string of the molecule is CCCc1nc(N2CCN(C(=O)c3ccccc3)CC2)c2c3c(sc2n1)CN(CC)CC3. The number of carbonyl (C=O) groups excluding carboxylic acids is 1. The molecule has 0 saturated carbocycles. The number of benzene rings is 1. The molecule has 1 amide bonds. The van der Waals surface area contributed by atoms with E-state index in [-0.39, 0.29) is 5.91 Å². The minimum Gasteiger partial charge on any atom is -0.352 e. The highest BCUT2D eigenvalue weighted by molar-refractivity contribution is 7.19. The Balaban J connectivity index is 1.43. The predicted octanol–water partition coefficient (Wildman–Crippen LogP) is 3.98. The first-order valence-electron chi connectivity index (χ1n) is 11.8. The summed E-state index contributed by atoms with van der Waals surface area (Å²) in [5.41, 5.74) is 2.22. The fraction of sp³-hybridized carbons (Fsp3) is 0.480. The number of hydrogen-bond donors (Lipinski definition) is 0. The fourth-order valence-electron chi connectivity index (χ4n) is 4.79. The van der Waals surface area contributed by atoms with Crippen LogP contribution in [0.2, 0.25) is 0 Å². The average Bonchev–Trinajstić information content (AvgIpc) is 3.21. The lowest BCUT2D eigenvalue weighted by molar-refractivity contribution is 0.0746. The maximum Gasteiger partial charge on any atom is 0.253 e. The van der Waals surface area contributed by atoms with Crippen LogP contribution >= 0.6 is 11.3 Å². The third-order valence-electron chi connectivity index (χ3n) is 6.61. The van der Waals surface area contributed by atoms with Crippen molar-refractivity contribution in [3.8, 4) is 0 Å². The fourth-order valence-corrected chi connectivity index (χ4v) is 6.07. The monoisotopic (exact) mass is 449 g/mol. The van der Waals surface area contributed by atoms with Crippen LogP contribution in [0.1, 0.15) is 46.9 Å². The maximum absolute atomic E-state index is 12.9. The van der Waals surface area contributed by atoms with Crippen molar-refractivity contribution in [2.45, 2.75) is 39.7 Å². The Kier molecular flexibility index (Phi) is 6.11. The Labute approximate surface area is 193 Å². The molecule has 4 heterocycles. The molecule has 5 rings (SSSR count). The molecular formula is C25H31N5OS. The summed E-state index contributed by atoms with van der Waals surface area (Å²) in [4.78, 5) is 32.4. The number of carbonyl (C=O) groups is 1. The van der Waals surface area contributed by atoms with E-state index in [1.165, 1.54) is 15.8 Å². The molecule has 0 bridgehead atoms. The van der Waals surface area contributed by atoms with Crippen LogP contribution in [0.25, 0.3) is 10.2 Å². The minimum atomic E-state index is 0.123. The summed E-state index contributed by atoms with van der Waals surface area (Å²) in [7, 11) is 0. The van der Waals surface area contributed by atoms with Gasteiger partial charge in [-0.1, -0.05) is 32.0 Å². The molecular weight excluding hydrogens is 418 g/mol. The van der Waals surface area contributed by atoms with Gasteiger partial charge in [-0.25, -0.2) is 9.97 Å². The van der Waals surface area contributed by atoms with Crippen molar-refractivity contribution in [1.29, 1.82) is 0 Å². The smallest absolute Gasteiger partial charge is 0.253 e. The number of aromatic nitrogens is 2. The molecule has 32 heavy (non-hydrogen) atoms. The Bertz CT molecular complexity index is 1100. The summed E-state index contributed by atoms with van der Waals surface area (Å²) in [6, 6.07) is 9.60. The number of nitrogens with zero attached hydrogens (tertiary/aromatic N) is 5. The molecule has 1 aromatic carbocycles. The van der Waals surface area contributed by atoms with Gasteiger partial charge in [0.05, 0.1) is 5.39 Å². The molecule has 2 aliphatic rings. The molecule has 3 aromatic rings. The lowest BCUT2D eigenvalue weighted by atomic mass is 10.0. The number of thiophene rings is 1. The van der Waals surface area contributed by atoms with Gasteiger partial charge >= 0.3 is 0 Å². The third-order valence-corrected chi connectivity index (χ3v) is 7.73. The van der Waals surface area contributed by atoms with Gasteiger partial charge in [0.1, 0.15) is 16.5 Å². The number of anilines is 1. The van der Waals surface area contributed by atoms with E-state index < -0.39 is 0 Å². The van der Waals surface area contributed by atoms with E-state index in [0.29, 0.717) is 0 Å². The number of amides is 1. The summed E-state index contributed by atoms with van der Waals surface area (Å²) >= 11 is 1.86. The zero-order valence-corrected chi connectivity index (χ0v) is 19.8. The number of likely N-dealkylation sites (N-methyl/N-ethyl adjacent to an activating group) is 1. The topological polar surface area (TPSA) is 52.6 Å². The van der Waals surface area contributed by atoms with Crippen LogP contribution in [0, 0.1) is 0 Å². The number of rotatable bonds is 5. The van der Waals surface area contributed by atoms with Crippen LogP contribution in [-0.2, 0) is 19.4 Å². The van der Waals surface area contributed by atoms with Gasteiger partial charge in [0.25, 0.3) is 5.91 Å². The van der Waals surface area contributed by atoms with Crippen LogP contribution in [0.15, 0.2) is 30.3 Å². The molecule has 0 atom stereocenters. The Hall–Kier alpha value is -2.51. The number of hydrogen-bond acceptors (Lipinski definition) is 6. The Morgan fingerprint density at radius 1 is 1.03 bits per heavy atom. The van der Waals surface area contributed by atoms with Crippen molar-refractivity contribution in [3.05, 3.63) is 52.2 Å². The molecule has 0 N–H and O–H groups in total. The van der Waals surface area contributed by atoms with E-state index in [9.17, 15) is 4.79 Å². The summed E-state index contributed by atoms with van der Waals surface area (Å²) in [5.74, 6) is 2.16. The van der Waals surface area contributed by atoms with E-state index in [4.69, 9.17) is 9.97 Å². The normalized spacial score (nSPS) is 17.1. The first-order valence-corrected chi connectivity index (χ1v) is 12.6. The predicted molar refractivity (Wildman–Crippen MR) is 131 cm³/mol. The van der Waals surface area contributed by atoms with E-state index in [2.05, 4.69) is 23.6 Å². The van der Waals surface area contributed by atoms with Crippen LogP contribution in [0.5, 0.6) is 0 Å². The number of fused-ring (bicyclic) bond motifs is 3. The second kappa shape index (κ2) is 9.16. The largest absolute Gasteiger partial charge is 0.352 e. The third kappa shape index (κ3) is 3.99. The molecule has 2 aliphatic heterocycles. The first-order chi connectivity index (χ1) is 15.7. The molecule has 7 heteroatoms. The van der Waals surface area contributed by atoms with Crippen molar-refractivity contribution >= 4 is 33.3 Å². The molecule has 2 aromatic heterocycles. The number of aryl methyl sites for hydroxylation is 1. The summed E-state index contributed by atoms with van der Waals surface area (Å²) < 4.78 is 0. The van der Waals surface area contributed by atoms with Crippen LogP contribution < -0.4 is 4.90 Å². The van der Waals surface area contributed by atoms with Gasteiger partial charge in [0, 0.05) is 56.1 Å². The lowest BCUT2D eigenvalue weighted by Gasteiger charge is -2.36. The van der Waals surface area contributed by atoms with Crippen molar-refractivity contribution in [2.75, 3.05) is 44.2 Å². The van der Waals surface area contributed by atoms with Crippen molar-refractivity contribution < 1.29 is 4.79 Å². The van der Waals surface area contributed by atoms with Gasteiger partial charge in [-0.15, -0.1) is 11.3 Å². The lowest BCUT2D eigenvalue weighted by Crippen LogP contribution is -2.49. The molecule has 0 unspecified atom stereocenters. The summed E-state index contributed by atoms with van der Waals surface area (Å²) in [6.07, 6.45) is 3.01. The van der Waals surface area contributed by atoms with Crippen molar-refractivity contribution in [1.82, 2.24) is 19.8 Å². The zero-order valence-electron chi connectivity index (χ0n) is 19.0. The highest BCUT2D eigenvalue weighted by atomic mass is 32.1. The molecule has 1 fully saturated rings. The highest BCUT2D eigenvalue weighted by Crippen LogP contribution is 2.39. The van der Waals surface area contributed by atoms with Crippen molar-refractivity contribution in [2.24, 2.45) is 0 Å². The van der Waals surface area contributed by atoms with Crippen LogP contribution in [-0.4, -0.2) is 64.9 Å². The molecule has 6 nitrogen and oxygen atoms in total. The van der Waals surface area contributed by atoms with Gasteiger partial charge in [-0.2, -0.15) is 0 Å². The van der Waals surface area contributed by atoms with Gasteiger partial charge in [-0.05, 0) is 37.1 Å². The first kappa shape index (κ1) is 21.3. The molecule has 168 valence electrons. The van der Waals surface area contributed by atoms with Gasteiger partial charge in [-0.3, -0.25) is 9.69 Å². The van der Waals surface area contributed by atoms with Gasteiger partial charge in [0.15, 0.2) is 0 Å². The molecule has 0 spiro atoms. The van der Waals surface area contributed by atoms with Crippen LogP contribution in [0.4, 0.5) is 5.82 Å². The summed E-state index contributed by atoms with van der Waals surface area (Å²) in [6.45, 7) is 10.7. The van der Waals surface area contributed by atoms with Crippen molar-refractivity contribution in [3.63, 3.8) is 0 Å². The van der Waals surface area contributed by atoms with E-state index in [0.717, 1.165) is 87.1 Å². The second-order valence-electron chi connectivity index (χ2n) is 8.66. The minimum absolute atomic E-state index is 0.123. The molecule has 1 saturated heterocycles. The Morgan fingerprint density at radius 3 is 2.53 bits per heavy atom. The zero-order chi connectivity index (χ0) is 22.1. The highest BCUT2D eigenvalue weighted by Gasteiger charge is 2.28. The van der Waals surface area contributed by atoms with E-state index in [1.54, 1.807) is 0 Å². The molecule has 0 radical (unpaired) electrons. The second-order valence-corrected chi connectivity index (χ2v) is 9.75. The van der Waals surface area contributed by atoms with Gasteiger partial charge < -0.3 is 9.80 Å². The van der Waals surface area contributed by atoms with E-state index in [1.807, 2.05) is 46.6 Å². The number of piperazine rings is 1. The Morgan fingerprint density at radius 2 is 1.81 bits per heavy atom.